The van der Waals surface area contributed by atoms with Crippen LogP contribution in [-0.4, -0.2) is 51.4 Å². The lowest BCUT2D eigenvalue weighted by atomic mass is 9.84. The Morgan fingerprint density at radius 3 is 2.29 bits per heavy atom. The number of likely N-dealkylation sites (tertiary alicyclic amines) is 1. The first-order valence-corrected chi connectivity index (χ1v) is 12.5. The topological polar surface area (TPSA) is 91.2 Å². The third-order valence-electron chi connectivity index (χ3n) is 6.80. The number of esters is 1. The number of oxime groups is 1. The minimum absolute atomic E-state index is 0.103. The third kappa shape index (κ3) is 7.55. The zero-order valence-electron chi connectivity index (χ0n) is 21.9. The molecule has 0 bridgehead atoms. The second-order valence-electron chi connectivity index (χ2n) is 10.5. The van der Waals surface area contributed by atoms with Gasteiger partial charge in [0.25, 0.3) is 0 Å². The van der Waals surface area contributed by atoms with Crippen LogP contribution in [0.25, 0.3) is 0 Å². The van der Waals surface area contributed by atoms with Crippen LogP contribution in [0, 0.1) is 11.8 Å². The maximum atomic E-state index is 13.4. The fourth-order valence-corrected chi connectivity index (χ4v) is 5.09. The molecule has 0 unspecified atom stereocenters. The van der Waals surface area contributed by atoms with E-state index in [-0.39, 0.29) is 29.9 Å². The summed E-state index contributed by atoms with van der Waals surface area (Å²) in [5, 5.41) is 16.4. The van der Waals surface area contributed by atoms with Gasteiger partial charge in [0.05, 0.1) is 5.71 Å². The lowest BCUT2D eigenvalue weighted by molar-refractivity contribution is -0.161. The van der Waals surface area contributed by atoms with Crippen LogP contribution in [-0.2, 0) is 20.9 Å². The molecular weight excluding hydrogens is 430 g/mol. The van der Waals surface area contributed by atoms with Crippen molar-refractivity contribution in [3.8, 4) is 0 Å². The number of benzene rings is 1. The van der Waals surface area contributed by atoms with Gasteiger partial charge in [-0.1, -0.05) is 62.2 Å². The SMILES string of the molecule is CCC(CC)C[C@H](NC(C)=O)[C@H]1[C@H](C(C)=NO)C[C@H](C(=O)OC(C)(C)C)N1Cc1ccccc1. The molecule has 7 heteroatoms. The van der Waals surface area contributed by atoms with Crippen LogP contribution in [0.3, 0.4) is 0 Å². The number of amides is 1. The molecule has 1 amide bonds. The number of hydrogen-bond donors (Lipinski definition) is 2. The molecule has 0 aromatic heterocycles. The average molecular weight is 474 g/mol. The maximum Gasteiger partial charge on any atom is 0.323 e. The Labute approximate surface area is 204 Å². The molecule has 7 nitrogen and oxygen atoms in total. The lowest BCUT2D eigenvalue weighted by Crippen LogP contribution is -2.54. The molecule has 0 spiro atoms. The van der Waals surface area contributed by atoms with Crippen LogP contribution < -0.4 is 5.32 Å². The summed E-state index contributed by atoms with van der Waals surface area (Å²) in [5.41, 5.74) is 1.02. The van der Waals surface area contributed by atoms with Crippen LogP contribution in [0.4, 0.5) is 0 Å². The van der Waals surface area contributed by atoms with Gasteiger partial charge in [-0.3, -0.25) is 14.5 Å². The summed E-state index contributed by atoms with van der Waals surface area (Å²) in [6, 6.07) is 9.10. The molecule has 0 saturated carbocycles. The Bertz CT molecular complexity index is 830. The summed E-state index contributed by atoms with van der Waals surface area (Å²) in [6.07, 6.45) is 3.27. The molecule has 34 heavy (non-hydrogen) atoms. The number of carbonyl (C=O) groups excluding carboxylic acids is 2. The number of nitrogens with zero attached hydrogens (tertiary/aromatic N) is 2. The summed E-state index contributed by atoms with van der Waals surface area (Å²) in [6.45, 7) is 13.8. The third-order valence-corrected chi connectivity index (χ3v) is 6.80. The second kappa shape index (κ2) is 12.3. The second-order valence-corrected chi connectivity index (χ2v) is 10.5. The van der Waals surface area contributed by atoms with Crippen LogP contribution >= 0.6 is 0 Å². The predicted octanol–water partition coefficient (Wildman–Crippen LogP) is 4.77. The molecular formula is C27H43N3O4. The number of hydrogen-bond acceptors (Lipinski definition) is 6. The van der Waals surface area contributed by atoms with Gasteiger partial charge in [-0.25, -0.2) is 0 Å². The van der Waals surface area contributed by atoms with Crippen LogP contribution in [0.15, 0.2) is 35.5 Å². The zero-order valence-corrected chi connectivity index (χ0v) is 21.9. The van der Waals surface area contributed by atoms with E-state index in [2.05, 4.69) is 29.2 Å². The number of nitrogens with one attached hydrogen (secondary N) is 1. The maximum absolute atomic E-state index is 13.4. The van der Waals surface area contributed by atoms with Crippen molar-refractivity contribution in [2.75, 3.05) is 0 Å². The highest BCUT2D eigenvalue weighted by atomic mass is 16.6. The molecule has 1 heterocycles. The quantitative estimate of drug-likeness (QED) is 0.221. The standard InChI is InChI=1S/C27H43N3O4/c1-8-20(9-2)15-23(28-19(4)31)25-22(18(3)29-33)16-24(26(32)34-27(5,6)7)30(25)17-21-13-11-10-12-14-21/h10-14,20,22-25,33H,8-9,15-17H2,1-7H3,(H,28,31)/t22-,23-,24+,25+/m0/s1. The normalized spacial score (nSPS) is 22.6. The Balaban J connectivity index is 2.56. The van der Waals surface area contributed by atoms with Crippen molar-refractivity contribution in [3.05, 3.63) is 35.9 Å². The van der Waals surface area contributed by atoms with Gasteiger partial charge in [0, 0.05) is 31.5 Å². The van der Waals surface area contributed by atoms with E-state index in [1.165, 1.54) is 6.92 Å². The molecule has 4 atom stereocenters. The van der Waals surface area contributed by atoms with Gasteiger partial charge in [0.1, 0.15) is 11.6 Å². The van der Waals surface area contributed by atoms with Gasteiger partial charge in [-0.05, 0) is 52.0 Å². The van der Waals surface area contributed by atoms with E-state index >= 15 is 0 Å². The number of rotatable bonds is 10. The van der Waals surface area contributed by atoms with Crippen LogP contribution in [0.1, 0.15) is 79.7 Å². The minimum Gasteiger partial charge on any atom is -0.459 e. The average Bonchev–Trinajstić information content (AvgIpc) is 3.14. The molecule has 0 radical (unpaired) electrons. The molecule has 1 aliphatic rings. The van der Waals surface area contributed by atoms with E-state index in [1.807, 2.05) is 51.1 Å². The molecule has 190 valence electrons. The van der Waals surface area contributed by atoms with E-state index in [1.54, 1.807) is 6.92 Å². The van der Waals surface area contributed by atoms with Gasteiger partial charge in [0.15, 0.2) is 0 Å². The van der Waals surface area contributed by atoms with E-state index in [0.717, 1.165) is 24.8 Å². The minimum atomic E-state index is -0.615. The van der Waals surface area contributed by atoms with Gasteiger partial charge in [-0.15, -0.1) is 0 Å². The highest BCUT2D eigenvalue weighted by Gasteiger charge is 2.50. The van der Waals surface area contributed by atoms with Gasteiger partial charge in [0.2, 0.25) is 5.91 Å². The fraction of sp³-hybridized carbons (Fsp3) is 0.667. The van der Waals surface area contributed by atoms with E-state index in [4.69, 9.17) is 4.74 Å². The van der Waals surface area contributed by atoms with E-state index < -0.39 is 11.6 Å². The first kappa shape index (κ1) is 27.8. The van der Waals surface area contributed by atoms with Crippen molar-refractivity contribution in [2.45, 2.75) is 104 Å². The summed E-state index contributed by atoms with van der Waals surface area (Å²) < 4.78 is 5.81. The van der Waals surface area contributed by atoms with Crippen molar-refractivity contribution >= 4 is 17.6 Å². The summed E-state index contributed by atoms with van der Waals surface area (Å²) in [7, 11) is 0. The van der Waals surface area contributed by atoms with Gasteiger partial charge >= 0.3 is 5.97 Å². The van der Waals surface area contributed by atoms with Crippen molar-refractivity contribution in [1.82, 2.24) is 10.2 Å². The molecule has 1 saturated heterocycles. The molecule has 0 aliphatic carbocycles. The number of carbonyl (C=O) groups is 2. The van der Waals surface area contributed by atoms with Crippen molar-refractivity contribution < 1.29 is 19.5 Å². The van der Waals surface area contributed by atoms with Gasteiger partial charge in [-0.2, -0.15) is 0 Å². The Hall–Kier alpha value is -2.41. The molecule has 1 aliphatic heterocycles. The smallest absolute Gasteiger partial charge is 0.323 e. The highest BCUT2D eigenvalue weighted by molar-refractivity contribution is 5.87. The lowest BCUT2D eigenvalue weighted by Gasteiger charge is -2.38. The first-order valence-electron chi connectivity index (χ1n) is 12.5. The van der Waals surface area contributed by atoms with E-state index in [9.17, 15) is 14.8 Å². The van der Waals surface area contributed by atoms with Crippen LogP contribution in [0.5, 0.6) is 0 Å². The number of ether oxygens (including phenoxy) is 1. The molecule has 1 fully saturated rings. The van der Waals surface area contributed by atoms with E-state index in [0.29, 0.717) is 24.6 Å². The Morgan fingerprint density at radius 1 is 1.18 bits per heavy atom. The summed E-state index contributed by atoms with van der Waals surface area (Å²) in [4.78, 5) is 27.8. The molecule has 2 N–H and O–H groups in total. The summed E-state index contributed by atoms with van der Waals surface area (Å²) in [5.74, 6) is -0.153. The molecule has 2 rings (SSSR count). The Morgan fingerprint density at radius 2 is 1.79 bits per heavy atom. The molecule has 1 aromatic carbocycles. The van der Waals surface area contributed by atoms with Crippen molar-refractivity contribution in [2.24, 2.45) is 17.0 Å². The van der Waals surface area contributed by atoms with Gasteiger partial charge < -0.3 is 15.3 Å². The predicted molar refractivity (Wildman–Crippen MR) is 135 cm³/mol. The van der Waals surface area contributed by atoms with Crippen LogP contribution in [0.2, 0.25) is 0 Å². The Kier molecular flexibility index (Phi) is 10.1. The van der Waals surface area contributed by atoms with Crippen molar-refractivity contribution in [1.29, 1.82) is 0 Å². The fourth-order valence-electron chi connectivity index (χ4n) is 5.09. The summed E-state index contributed by atoms with van der Waals surface area (Å²) >= 11 is 0. The highest BCUT2D eigenvalue weighted by Crippen LogP contribution is 2.38. The monoisotopic (exact) mass is 473 g/mol. The first-order chi connectivity index (χ1) is 16.0. The van der Waals surface area contributed by atoms with Crippen molar-refractivity contribution in [3.63, 3.8) is 0 Å². The largest absolute Gasteiger partial charge is 0.459 e. The molecule has 1 aromatic rings. The zero-order chi connectivity index (χ0) is 25.5.